The van der Waals surface area contributed by atoms with Crippen LogP contribution in [0.2, 0.25) is 0 Å². The van der Waals surface area contributed by atoms with Crippen molar-refractivity contribution in [2.24, 2.45) is 0 Å². The molecule has 0 aliphatic heterocycles. The first kappa shape index (κ1) is 21.9. The number of aromatic nitrogens is 1. The van der Waals surface area contributed by atoms with E-state index >= 15 is 0 Å². The summed E-state index contributed by atoms with van der Waals surface area (Å²) in [4.78, 5) is 36.9. The van der Waals surface area contributed by atoms with Crippen molar-refractivity contribution in [3.8, 4) is 5.75 Å². The van der Waals surface area contributed by atoms with Crippen LogP contribution in [0.25, 0.3) is 10.9 Å². The fraction of sp³-hybridized carbons (Fsp3) is 0.227. The van der Waals surface area contributed by atoms with Gasteiger partial charge in [-0.05, 0) is 62.7 Å². The highest BCUT2D eigenvalue weighted by Crippen LogP contribution is 2.30. The Hall–Kier alpha value is -3.75. The molecule has 1 amide bonds. The number of aromatic hydroxyl groups is 1. The van der Waals surface area contributed by atoms with Crippen molar-refractivity contribution in [3.05, 3.63) is 64.9 Å². The number of phenolic OH excluding ortho intramolecular Hbond substituents is 1. The van der Waals surface area contributed by atoms with Crippen LogP contribution in [-0.4, -0.2) is 38.1 Å². The van der Waals surface area contributed by atoms with Gasteiger partial charge < -0.3 is 15.5 Å². The van der Waals surface area contributed by atoms with Crippen molar-refractivity contribution in [1.29, 1.82) is 0 Å². The molecule has 0 saturated carbocycles. The molecular formula is C22H20F2N2O5. The Kier molecular flexibility index (Phi) is 5.54. The molecule has 0 atom stereocenters. The van der Waals surface area contributed by atoms with E-state index in [-0.39, 0.29) is 17.7 Å². The summed E-state index contributed by atoms with van der Waals surface area (Å²) in [6.07, 6.45) is -0.263. The number of carbonyl (C=O) groups is 3. The molecule has 0 spiro atoms. The molecule has 0 aliphatic rings. The van der Waals surface area contributed by atoms with E-state index in [1.54, 1.807) is 6.92 Å². The number of hydrogen-bond acceptors (Lipinski definition) is 4. The van der Waals surface area contributed by atoms with Crippen LogP contribution >= 0.6 is 0 Å². The topological polar surface area (TPSA) is 109 Å². The molecule has 3 aromatic rings. The van der Waals surface area contributed by atoms with Crippen molar-refractivity contribution in [2.75, 3.05) is 0 Å². The van der Waals surface area contributed by atoms with E-state index in [1.165, 1.54) is 36.6 Å². The van der Waals surface area contributed by atoms with Crippen LogP contribution in [0.4, 0.5) is 8.78 Å². The van der Waals surface area contributed by atoms with Crippen LogP contribution in [0, 0.1) is 18.6 Å². The SMILES string of the molecule is Cc1c(CC(=O)NC(C)(C)C(=O)O)c2cc(O)ccc2n1C(=O)c1ccc(F)c(F)c1. The molecule has 0 unspecified atom stereocenters. The van der Waals surface area contributed by atoms with Crippen molar-refractivity contribution in [1.82, 2.24) is 9.88 Å². The third-order valence-corrected chi connectivity index (χ3v) is 5.01. The van der Waals surface area contributed by atoms with Crippen LogP contribution < -0.4 is 5.32 Å². The van der Waals surface area contributed by atoms with Gasteiger partial charge >= 0.3 is 5.97 Å². The Morgan fingerprint density at radius 3 is 2.35 bits per heavy atom. The second-order valence-electron chi connectivity index (χ2n) is 7.69. The van der Waals surface area contributed by atoms with Crippen LogP contribution in [0.5, 0.6) is 5.75 Å². The van der Waals surface area contributed by atoms with Crippen molar-refractivity contribution >= 4 is 28.7 Å². The maximum absolute atomic E-state index is 13.7. The summed E-state index contributed by atoms with van der Waals surface area (Å²) in [6.45, 7) is 4.24. The Balaban J connectivity index is 2.09. The van der Waals surface area contributed by atoms with Gasteiger partial charge in [-0.2, -0.15) is 0 Å². The van der Waals surface area contributed by atoms with Gasteiger partial charge in [0.2, 0.25) is 5.91 Å². The van der Waals surface area contributed by atoms with E-state index in [9.17, 15) is 33.4 Å². The van der Waals surface area contributed by atoms with Crippen molar-refractivity contribution < 1.29 is 33.4 Å². The highest BCUT2D eigenvalue weighted by molar-refractivity contribution is 6.05. The number of nitrogens with zero attached hydrogens (tertiary/aromatic N) is 1. The molecule has 0 fully saturated rings. The number of amides is 1. The molecule has 3 rings (SSSR count). The number of rotatable bonds is 5. The number of aliphatic carboxylic acids is 1. The molecule has 0 bridgehead atoms. The molecule has 0 saturated heterocycles. The van der Waals surface area contributed by atoms with E-state index < -0.39 is 35.0 Å². The number of carbonyl (C=O) groups excluding carboxylic acids is 2. The van der Waals surface area contributed by atoms with Gasteiger partial charge in [-0.25, -0.2) is 13.6 Å². The number of benzene rings is 2. The number of carboxylic acid groups (broad SMARTS) is 1. The van der Waals surface area contributed by atoms with Gasteiger partial charge in [-0.3, -0.25) is 14.2 Å². The summed E-state index contributed by atoms with van der Waals surface area (Å²) in [5, 5.41) is 21.9. The first-order chi connectivity index (χ1) is 14.4. The molecule has 162 valence electrons. The molecule has 1 aromatic heterocycles. The third-order valence-electron chi connectivity index (χ3n) is 5.01. The van der Waals surface area contributed by atoms with E-state index in [0.29, 0.717) is 22.2 Å². The average Bonchev–Trinajstić information content (AvgIpc) is 2.94. The zero-order valence-electron chi connectivity index (χ0n) is 17.0. The Morgan fingerprint density at radius 1 is 1.06 bits per heavy atom. The first-order valence-corrected chi connectivity index (χ1v) is 9.29. The number of halogens is 2. The van der Waals surface area contributed by atoms with Gasteiger partial charge in [-0.1, -0.05) is 0 Å². The quantitative estimate of drug-likeness (QED) is 0.576. The van der Waals surface area contributed by atoms with Gasteiger partial charge in [0.15, 0.2) is 11.6 Å². The zero-order chi connectivity index (χ0) is 23.1. The fourth-order valence-corrected chi connectivity index (χ4v) is 3.32. The number of hydrogen-bond donors (Lipinski definition) is 3. The number of nitrogens with one attached hydrogen (secondary N) is 1. The molecule has 0 aliphatic carbocycles. The molecule has 9 heteroatoms. The number of phenols is 1. The minimum absolute atomic E-state index is 0.0996. The van der Waals surface area contributed by atoms with E-state index in [0.717, 1.165) is 18.2 Å². The second-order valence-corrected chi connectivity index (χ2v) is 7.69. The molecule has 31 heavy (non-hydrogen) atoms. The Bertz CT molecular complexity index is 1230. The summed E-state index contributed by atoms with van der Waals surface area (Å²) in [5.74, 6) is -4.83. The summed E-state index contributed by atoms with van der Waals surface area (Å²) in [6, 6.07) is 6.98. The fourth-order valence-electron chi connectivity index (χ4n) is 3.32. The normalized spacial score (nSPS) is 11.5. The second kappa shape index (κ2) is 7.82. The summed E-state index contributed by atoms with van der Waals surface area (Å²) in [7, 11) is 0. The molecule has 7 nitrogen and oxygen atoms in total. The Labute approximate surface area is 175 Å². The van der Waals surface area contributed by atoms with E-state index in [1.807, 2.05) is 0 Å². The lowest BCUT2D eigenvalue weighted by molar-refractivity contribution is -0.145. The third kappa shape index (κ3) is 4.11. The Morgan fingerprint density at radius 2 is 1.74 bits per heavy atom. The van der Waals surface area contributed by atoms with Gasteiger partial charge in [-0.15, -0.1) is 0 Å². The zero-order valence-corrected chi connectivity index (χ0v) is 17.0. The lowest BCUT2D eigenvalue weighted by atomic mass is 10.0. The minimum Gasteiger partial charge on any atom is -0.508 e. The van der Waals surface area contributed by atoms with Gasteiger partial charge in [0, 0.05) is 16.6 Å². The predicted molar refractivity (Wildman–Crippen MR) is 108 cm³/mol. The van der Waals surface area contributed by atoms with Crippen molar-refractivity contribution in [2.45, 2.75) is 32.7 Å². The molecular weight excluding hydrogens is 410 g/mol. The molecule has 1 heterocycles. The van der Waals surface area contributed by atoms with Crippen LogP contribution in [0.3, 0.4) is 0 Å². The maximum Gasteiger partial charge on any atom is 0.328 e. The van der Waals surface area contributed by atoms with Crippen LogP contribution in [0.15, 0.2) is 36.4 Å². The smallest absolute Gasteiger partial charge is 0.328 e. The van der Waals surface area contributed by atoms with E-state index in [4.69, 9.17) is 0 Å². The number of fused-ring (bicyclic) bond motifs is 1. The first-order valence-electron chi connectivity index (χ1n) is 9.29. The van der Waals surface area contributed by atoms with Gasteiger partial charge in [0.05, 0.1) is 11.9 Å². The maximum atomic E-state index is 13.7. The predicted octanol–water partition coefficient (Wildman–Crippen LogP) is 3.14. The lowest BCUT2D eigenvalue weighted by Gasteiger charge is -2.21. The molecule has 2 aromatic carbocycles. The van der Waals surface area contributed by atoms with Gasteiger partial charge in [0.1, 0.15) is 11.3 Å². The highest BCUT2D eigenvalue weighted by atomic mass is 19.2. The minimum atomic E-state index is -1.51. The standard InChI is InChI=1S/C22H20F2N2O5/c1-11-14(10-19(28)25-22(2,3)21(30)31)15-9-13(27)5-7-18(15)26(11)20(29)12-4-6-16(23)17(24)8-12/h4-9,27H,10H2,1-3H3,(H,25,28)(H,30,31). The highest BCUT2D eigenvalue weighted by Gasteiger charge is 2.30. The number of carboxylic acids is 1. The molecule has 0 radical (unpaired) electrons. The van der Waals surface area contributed by atoms with Crippen LogP contribution in [0.1, 0.15) is 35.5 Å². The largest absolute Gasteiger partial charge is 0.508 e. The van der Waals surface area contributed by atoms with E-state index in [2.05, 4.69) is 5.32 Å². The summed E-state index contributed by atoms with van der Waals surface area (Å²) in [5.41, 5.74) is -0.521. The van der Waals surface area contributed by atoms with Gasteiger partial charge in [0.25, 0.3) is 5.91 Å². The average molecular weight is 430 g/mol. The summed E-state index contributed by atoms with van der Waals surface area (Å²) < 4.78 is 28.2. The molecule has 3 N–H and O–H groups in total. The summed E-state index contributed by atoms with van der Waals surface area (Å²) >= 11 is 0. The lowest BCUT2D eigenvalue weighted by Crippen LogP contribution is -2.50. The van der Waals surface area contributed by atoms with Crippen LogP contribution in [-0.2, 0) is 16.0 Å². The van der Waals surface area contributed by atoms with Crippen molar-refractivity contribution in [3.63, 3.8) is 0 Å². The monoisotopic (exact) mass is 430 g/mol.